The Morgan fingerprint density at radius 1 is 1.31 bits per heavy atom. The van der Waals surface area contributed by atoms with Crippen LogP contribution in [0.4, 0.5) is 4.39 Å². The predicted molar refractivity (Wildman–Crippen MR) is 109 cm³/mol. The Morgan fingerprint density at radius 3 is 2.86 bits per heavy atom. The maximum Gasteiger partial charge on any atom is 0.283 e. The molecule has 1 aliphatic heterocycles. The third-order valence-electron chi connectivity index (χ3n) is 7.32. The van der Waals surface area contributed by atoms with Gasteiger partial charge in [-0.25, -0.2) is 9.98 Å². The second kappa shape index (κ2) is 6.52. The minimum Gasteiger partial charge on any atom is -0.462 e. The summed E-state index contributed by atoms with van der Waals surface area (Å²) in [6.07, 6.45) is 5.66. The summed E-state index contributed by atoms with van der Waals surface area (Å²) in [4.78, 5) is 8.71. The van der Waals surface area contributed by atoms with Gasteiger partial charge in [-0.2, -0.15) is 4.39 Å². The lowest BCUT2D eigenvalue weighted by atomic mass is 9.59. The highest BCUT2D eigenvalue weighted by Gasteiger charge is 2.62. The van der Waals surface area contributed by atoms with Crippen molar-refractivity contribution in [3.63, 3.8) is 0 Å². The van der Waals surface area contributed by atoms with E-state index in [1.807, 2.05) is 6.07 Å². The molecule has 2 heterocycles. The van der Waals surface area contributed by atoms with Crippen LogP contribution in [0.1, 0.15) is 37.3 Å². The van der Waals surface area contributed by atoms with E-state index in [9.17, 15) is 4.39 Å². The molecular formula is C23H26FN3O2. The lowest BCUT2D eigenvalue weighted by molar-refractivity contribution is -0.0445. The van der Waals surface area contributed by atoms with Crippen molar-refractivity contribution >= 4 is 6.02 Å². The molecule has 0 amide bonds. The number of methoxy groups -OCH3 is 1. The quantitative estimate of drug-likeness (QED) is 0.785. The highest BCUT2D eigenvalue weighted by molar-refractivity contribution is 5.76. The molecule has 5 rings (SSSR count). The van der Waals surface area contributed by atoms with Crippen LogP contribution in [0.3, 0.4) is 0 Å². The summed E-state index contributed by atoms with van der Waals surface area (Å²) in [7, 11) is 1.79. The number of hydrogen-bond acceptors (Lipinski definition) is 5. The van der Waals surface area contributed by atoms with E-state index in [0.717, 1.165) is 36.8 Å². The molecule has 1 saturated carbocycles. The Labute approximate surface area is 170 Å². The van der Waals surface area contributed by atoms with Crippen LogP contribution in [-0.4, -0.2) is 30.8 Å². The first-order valence-corrected chi connectivity index (χ1v) is 10.2. The Kier molecular flexibility index (Phi) is 4.17. The zero-order valence-corrected chi connectivity index (χ0v) is 16.8. The van der Waals surface area contributed by atoms with Gasteiger partial charge in [-0.1, -0.05) is 19.1 Å². The van der Waals surface area contributed by atoms with E-state index >= 15 is 0 Å². The molecule has 0 saturated heterocycles. The van der Waals surface area contributed by atoms with Crippen molar-refractivity contribution in [1.82, 2.24) is 4.98 Å². The molecular weight excluding hydrogens is 369 g/mol. The minimum atomic E-state index is -0.520. The van der Waals surface area contributed by atoms with Gasteiger partial charge < -0.3 is 15.2 Å². The SMILES string of the molecule is CO[C@@H]1CC[C@]2(Cc3ccc(-c4cccnc4F)cc3[C@@]23COC(N)=N3)C[C@H]1C. The summed E-state index contributed by atoms with van der Waals surface area (Å²) < 4.78 is 25.8. The van der Waals surface area contributed by atoms with E-state index in [1.54, 1.807) is 19.2 Å². The second-order valence-corrected chi connectivity index (χ2v) is 8.76. The van der Waals surface area contributed by atoms with Gasteiger partial charge in [0.2, 0.25) is 5.95 Å². The fraction of sp³-hybridized carbons (Fsp3) is 0.478. The molecule has 3 aliphatic rings. The number of nitrogens with two attached hydrogens (primary N) is 1. The number of nitrogens with zero attached hydrogens (tertiary/aromatic N) is 2. The number of ether oxygens (including phenoxy) is 2. The lowest BCUT2D eigenvalue weighted by Gasteiger charge is -2.47. The highest BCUT2D eigenvalue weighted by atomic mass is 19.1. The molecule has 6 heteroatoms. The van der Waals surface area contributed by atoms with Crippen LogP contribution in [0.15, 0.2) is 41.5 Å². The van der Waals surface area contributed by atoms with Crippen LogP contribution in [0.2, 0.25) is 0 Å². The summed E-state index contributed by atoms with van der Waals surface area (Å²) in [5.74, 6) is -0.0404. The summed E-state index contributed by atoms with van der Waals surface area (Å²) in [6, 6.07) is 9.94. The topological polar surface area (TPSA) is 69.7 Å². The van der Waals surface area contributed by atoms with Gasteiger partial charge in [0.15, 0.2) is 0 Å². The molecule has 29 heavy (non-hydrogen) atoms. The summed E-state index contributed by atoms with van der Waals surface area (Å²) >= 11 is 0. The molecule has 0 radical (unpaired) electrons. The minimum absolute atomic E-state index is 0.0585. The Bertz CT molecular complexity index is 994. The third kappa shape index (κ3) is 2.61. The number of hydrogen-bond donors (Lipinski definition) is 1. The standard InChI is InChI=1S/C23H26FN3O2/c1-14-11-22(8-7-19(14)28-2)12-16-6-5-15(17-4-3-9-26-20(17)24)10-18(16)23(22)13-29-21(25)27-23/h3-6,9-10,14,19H,7-8,11-13H2,1-2H3,(H2,25,27)/t14-,19-,22-,23+/m1/s1. The molecule has 1 fully saturated rings. The Hall–Kier alpha value is -2.47. The number of pyridine rings is 1. The van der Waals surface area contributed by atoms with Gasteiger partial charge in [0.05, 0.1) is 6.10 Å². The van der Waals surface area contributed by atoms with Gasteiger partial charge in [0.25, 0.3) is 6.02 Å². The molecule has 5 nitrogen and oxygen atoms in total. The lowest BCUT2D eigenvalue weighted by Crippen LogP contribution is -2.48. The van der Waals surface area contributed by atoms with Crippen molar-refractivity contribution in [2.24, 2.45) is 22.1 Å². The van der Waals surface area contributed by atoms with Crippen molar-refractivity contribution in [2.45, 2.75) is 44.2 Å². The molecule has 4 atom stereocenters. The Morgan fingerprint density at radius 2 is 2.17 bits per heavy atom. The first-order valence-electron chi connectivity index (χ1n) is 10.2. The molecule has 0 bridgehead atoms. The monoisotopic (exact) mass is 395 g/mol. The molecule has 2 aliphatic carbocycles. The number of benzene rings is 1. The average Bonchev–Trinajstić information content (AvgIpc) is 3.22. The molecule has 1 aromatic heterocycles. The van der Waals surface area contributed by atoms with Crippen molar-refractivity contribution < 1.29 is 13.9 Å². The van der Waals surface area contributed by atoms with Gasteiger partial charge in [-0.3, -0.25) is 0 Å². The van der Waals surface area contributed by atoms with Crippen LogP contribution in [0.25, 0.3) is 11.1 Å². The van der Waals surface area contributed by atoms with E-state index in [2.05, 4.69) is 24.0 Å². The van der Waals surface area contributed by atoms with Crippen molar-refractivity contribution in [3.05, 3.63) is 53.6 Å². The van der Waals surface area contributed by atoms with E-state index in [-0.39, 0.29) is 17.5 Å². The maximum atomic E-state index is 14.3. The van der Waals surface area contributed by atoms with Gasteiger partial charge in [0, 0.05) is 24.3 Å². The van der Waals surface area contributed by atoms with Crippen molar-refractivity contribution in [2.75, 3.05) is 13.7 Å². The van der Waals surface area contributed by atoms with Crippen LogP contribution < -0.4 is 5.73 Å². The largest absolute Gasteiger partial charge is 0.462 e. The molecule has 152 valence electrons. The smallest absolute Gasteiger partial charge is 0.283 e. The zero-order chi connectivity index (χ0) is 20.2. The molecule has 2 spiro atoms. The average molecular weight is 395 g/mol. The predicted octanol–water partition coefficient (Wildman–Crippen LogP) is 3.81. The number of aliphatic imine (C=N–C) groups is 1. The Balaban J connectivity index is 1.63. The van der Waals surface area contributed by atoms with E-state index < -0.39 is 11.5 Å². The van der Waals surface area contributed by atoms with Gasteiger partial charge >= 0.3 is 0 Å². The third-order valence-corrected chi connectivity index (χ3v) is 7.32. The fourth-order valence-electron chi connectivity index (χ4n) is 5.96. The highest BCUT2D eigenvalue weighted by Crippen LogP contribution is 2.62. The van der Waals surface area contributed by atoms with Gasteiger partial charge in [-0.05, 0) is 66.5 Å². The summed E-state index contributed by atoms with van der Waals surface area (Å²) in [6.45, 7) is 2.69. The zero-order valence-electron chi connectivity index (χ0n) is 16.8. The summed E-state index contributed by atoms with van der Waals surface area (Å²) in [5, 5.41) is 0. The molecule has 0 unspecified atom stereocenters. The van der Waals surface area contributed by atoms with Crippen molar-refractivity contribution in [1.29, 1.82) is 0 Å². The van der Waals surface area contributed by atoms with E-state index in [0.29, 0.717) is 18.1 Å². The normalized spacial score (nSPS) is 33.0. The first-order chi connectivity index (χ1) is 14.0. The van der Waals surface area contributed by atoms with Gasteiger partial charge in [-0.15, -0.1) is 0 Å². The number of rotatable bonds is 2. The number of amidine groups is 1. The van der Waals surface area contributed by atoms with Crippen LogP contribution >= 0.6 is 0 Å². The maximum absolute atomic E-state index is 14.3. The van der Waals surface area contributed by atoms with Crippen LogP contribution in [-0.2, 0) is 21.4 Å². The van der Waals surface area contributed by atoms with Gasteiger partial charge in [0.1, 0.15) is 12.1 Å². The van der Waals surface area contributed by atoms with E-state index in [4.69, 9.17) is 20.2 Å². The van der Waals surface area contributed by atoms with Crippen molar-refractivity contribution in [3.8, 4) is 11.1 Å². The number of aromatic nitrogens is 1. The molecule has 1 aromatic carbocycles. The van der Waals surface area contributed by atoms with Crippen LogP contribution in [0.5, 0.6) is 0 Å². The number of halogens is 1. The summed E-state index contributed by atoms with van der Waals surface area (Å²) in [5.41, 5.74) is 9.13. The molecule has 2 N–H and O–H groups in total. The second-order valence-electron chi connectivity index (χ2n) is 8.76. The van der Waals surface area contributed by atoms with Crippen LogP contribution in [0, 0.1) is 17.3 Å². The number of fused-ring (bicyclic) bond motifs is 3. The first kappa shape index (κ1) is 18.6. The molecule has 2 aromatic rings. The fourth-order valence-corrected chi connectivity index (χ4v) is 5.96. The van der Waals surface area contributed by atoms with E-state index in [1.165, 1.54) is 11.8 Å².